The van der Waals surface area contributed by atoms with E-state index in [4.69, 9.17) is 10.5 Å². The van der Waals surface area contributed by atoms with Crippen LogP contribution in [-0.4, -0.2) is 57.8 Å². The summed E-state index contributed by atoms with van der Waals surface area (Å²) in [6.07, 6.45) is 2.17. The van der Waals surface area contributed by atoms with Crippen LogP contribution in [0.15, 0.2) is 17.0 Å². The van der Waals surface area contributed by atoms with Crippen molar-refractivity contribution in [3.05, 3.63) is 17.7 Å². The molecule has 8 heteroatoms. The number of hydrogen-bond acceptors (Lipinski definition) is 6. The molecular formula is C17H27N3O4S. The third-order valence-electron chi connectivity index (χ3n) is 4.70. The largest absolute Gasteiger partial charge is 0.496 e. The minimum atomic E-state index is -3.52. The van der Waals surface area contributed by atoms with Gasteiger partial charge in [-0.15, -0.1) is 0 Å². The average Bonchev–Trinajstić information content (AvgIpc) is 3.06. The monoisotopic (exact) mass is 369 g/mol. The second-order valence-corrected chi connectivity index (χ2v) is 8.38. The predicted molar refractivity (Wildman–Crippen MR) is 97.7 cm³/mol. The van der Waals surface area contributed by atoms with Crippen molar-refractivity contribution in [3.63, 3.8) is 0 Å². The van der Waals surface area contributed by atoms with Crippen LogP contribution in [0.25, 0.3) is 0 Å². The molecule has 1 fully saturated rings. The number of nitrogens with zero attached hydrogens (tertiary/aromatic N) is 1. The quantitative estimate of drug-likeness (QED) is 0.702. The van der Waals surface area contributed by atoms with Crippen molar-refractivity contribution in [1.29, 1.82) is 0 Å². The number of carbonyl (C=O) groups excluding carboxylic acids is 1. The zero-order chi connectivity index (χ0) is 18.6. The molecule has 1 amide bonds. The Bertz CT molecular complexity index is 734. The van der Waals surface area contributed by atoms with Crippen molar-refractivity contribution < 1.29 is 17.9 Å². The van der Waals surface area contributed by atoms with E-state index >= 15 is 0 Å². The Kier molecular flexibility index (Phi) is 6.29. The van der Waals surface area contributed by atoms with E-state index in [1.165, 1.54) is 26.2 Å². The molecule has 1 aromatic rings. The highest BCUT2D eigenvalue weighted by atomic mass is 32.2. The summed E-state index contributed by atoms with van der Waals surface area (Å²) in [5.41, 5.74) is 6.11. The standard InChI is InChI=1S/C17H27N3O4S/c1-4-20-8-6-7-12(20)11-19-17(21)13-9-16(25(22,23)5-2)14(18)10-15(13)24-3/h9-10,12H,4-8,11,18H2,1-3H3,(H,19,21)/t12-/m1/s1. The summed E-state index contributed by atoms with van der Waals surface area (Å²) in [6, 6.07) is 3.02. The van der Waals surface area contributed by atoms with E-state index in [1.807, 2.05) is 0 Å². The van der Waals surface area contributed by atoms with E-state index in [0.717, 1.165) is 25.9 Å². The van der Waals surface area contributed by atoms with Gasteiger partial charge in [-0.1, -0.05) is 13.8 Å². The SMILES string of the molecule is CCN1CCC[C@@H]1CNC(=O)c1cc(S(=O)(=O)CC)c(N)cc1OC. The second kappa shape index (κ2) is 8.05. The maximum absolute atomic E-state index is 12.6. The zero-order valence-corrected chi connectivity index (χ0v) is 15.9. The molecule has 1 saturated heterocycles. The van der Waals surface area contributed by atoms with Crippen LogP contribution >= 0.6 is 0 Å². The maximum Gasteiger partial charge on any atom is 0.255 e. The predicted octanol–water partition coefficient (Wildman–Crippen LogP) is 1.29. The molecule has 0 aliphatic carbocycles. The molecule has 0 unspecified atom stereocenters. The molecular weight excluding hydrogens is 342 g/mol. The zero-order valence-electron chi connectivity index (χ0n) is 15.0. The van der Waals surface area contributed by atoms with Gasteiger partial charge in [-0.3, -0.25) is 9.69 Å². The third kappa shape index (κ3) is 4.24. The Hall–Kier alpha value is -1.80. The number of likely N-dealkylation sites (tertiary alicyclic amines) is 1. The summed E-state index contributed by atoms with van der Waals surface area (Å²) in [5.74, 6) is -0.172. The molecule has 1 aromatic carbocycles. The Morgan fingerprint density at radius 1 is 1.40 bits per heavy atom. The Morgan fingerprint density at radius 2 is 2.12 bits per heavy atom. The van der Waals surface area contributed by atoms with Crippen LogP contribution in [0.4, 0.5) is 5.69 Å². The van der Waals surface area contributed by atoms with E-state index in [2.05, 4.69) is 17.1 Å². The fraction of sp³-hybridized carbons (Fsp3) is 0.588. The van der Waals surface area contributed by atoms with Gasteiger partial charge in [0, 0.05) is 18.7 Å². The van der Waals surface area contributed by atoms with Crippen LogP contribution in [-0.2, 0) is 9.84 Å². The summed E-state index contributed by atoms with van der Waals surface area (Å²) in [6.45, 7) is 6.16. The van der Waals surface area contributed by atoms with Crippen LogP contribution in [0.2, 0.25) is 0 Å². The summed E-state index contributed by atoms with van der Waals surface area (Å²) in [5, 5.41) is 2.90. The van der Waals surface area contributed by atoms with E-state index in [9.17, 15) is 13.2 Å². The van der Waals surface area contributed by atoms with E-state index in [0.29, 0.717) is 12.6 Å². The molecule has 1 aliphatic rings. The van der Waals surface area contributed by atoms with Crippen molar-refractivity contribution in [1.82, 2.24) is 10.2 Å². The summed E-state index contributed by atoms with van der Waals surface area (Å²) >= 11 is 0. The number of nitrogens with two attached hydrogens (primary N) is 1. The van der Waals surface area contributed by atoms with Crippen molar-refractivity contribution in [3.8, 4) is 5.75 Å². The number of amides is 1. The fourth-order valence-electron chi connectivity index (χ4n) is 3.20. The lowest BCUT2D eigenvalue weighted by Crippen LogP contribution is -2.40. The third-order valence-corrected chi connectivity index (χ3v) is 6.48. The molecule has 2 rings (SSSR count). The molecule has 140 valence electrons. The van der Waals surface area contributed by atoms with Gasteiger partial charge in [0.25, 0.3) is 5.91 Å². The van der Waals surface area contributed by atoms with Crippen LogP contribution in [0, 0.1) is 0 Å². The number of likely N-dealkylation sites (N-methyl/N-ethyl adjacent to an activating group) is 1. The molecule has 0 radical (unpaired) electrons. The van der Waals surface area contributed by atoms with Gasteiger partial charge < -0.3 is 15.8 Å². The highest BCUT2D eigenvalue weighted by molar-refractivity contribution is 7.91. The summed E-state index contributed by atoms with van der Waals surface area (Å²) in [7, 11) is -2.10. The molecule has 1 atom stereocenters. The Morgan fingerprint density at radius 3 is 2.72 bits per heavy atom. The van der Waals surface area contributed by atoms with Gasteiger partial charge >= 0.3 is 0 Å². The lowest BCUT2D eigenvalue weighted by molar-refractivity contribution is 0.0938. The Balaban J connectivity index is 2.24. The minimum absolute atomic E-state index is 0.0306. The van der Waals surface area contributed by atoms with Crippen molar-refractivity contribution in [2.24, 2.45) is 0 Å². The maximum atomic E-state index is 12.6. The average molecular weight is 369 g/mol. The molecule has 25 heavy (non-hydrogen) atoms. The number of methoxy groups -OCH3 is 1. The number of nitrogen functional groups attached to an aromatic ring is 1. The van der Waals surface area contributed by atoms with Crippen molar-refractivity contribution in [2.45, 2.75) is 37.6 Å². The van der Waals surface area contributed by atoms with Gasteiger partial charge in [-0.05, 0) is 32.0 Å². The highest BCUT2D eigenvalue weighted by Crippen LogP contribution is 2.29. The van der Waals surface area contributed by atoms with Crippen LogP contribution in [0.1, 0.15) is 37.0 Å². The number of nitrogens with one attached hydrogen (secondary N) is 1. The normalized spacial score (nSPS) is 18.3. The second-order valence-electron chi connectivity index (χ2n) is 6.13. The van der Waals surface area contributed by atoms with Crippen LogP contribution < -0.4 is 15.8 Å². The number of rotatable bonds is 7. The van der Waals surface area contributed by atoms with Gasteiger partial charge in [0.2, 0.25) is 0 Å². The molecule has 1 heterocycles. The van der Waals surface area contributed by atoms with Crippen molar-refractivity contribution >= 4 is 21.4 Å². The number of sulfone groups is 1. The van der Waals surface area contributed by atoms with Gasteiger partial charge in [-0.25, -0.2) is 8.42 Å². The van der Waals surface area contributed by atoms with E-state index in [1.54, 1.807) is 0 Å². The molecule has 0 bridgehead atoms. The first-order valence-electron chi connectivity index (χ1n) is 8.56. The van der Waals surface area contributed by atoms with Crippen LogP contribution in [0.3, 0.4) is 0 Å². The number of benzene rings is 1. The van der Waals surface area contributed by atoms with Crippen molar-refractivity contribution in [2.75, 3.05) is 38.2 Å². The molecule has 7 nitrogen and oxygen atoms in total. The summed E-state index contributed by atoms with van der Waals surface area (Å²) < 4.78 is 29.6. The van der Waals surface area contributed by atoms with E-state index < -0.39 is 9.84 Å². The number of hydrogen-bond donors (Lipinski definition) is 2. The van der Waals surface area contributed by atoms with Gasteiger partial charge in [0.15, 0.2) is 9.84 Å². The fourth-order valence-corrected chi connectivity index (χ4v) is 4.22. The van der Waals surface area contributed by atoms with Gasteiger partial charge in [-0.2, -0.15) is 0 Å². The first-order valence-corrected chi connectivity index (χ1v) is 10.2. The lowest BCUT2D eigenvalue weighted by atomic mass is 10.1. The highest BCUT2D eigenvalue weighted by Gasteiger charge is 2.25. The van der Waals surface area contributed by atoms with Gasteiger partial charge in [0.1, 0.15) is 5.75 Å². The minimum Gasteiger partial charge on any atom is -0.496 e. The molecule has 3 N–H and O–H groups in total. The summed E-state index contributed by atoms with van der Waals surface area (Å²) in [4.78, 5) is 14.9. The van der Waals surface area contributed by atoms with Gasteiger partial charge in [0.05, 0.1) is 29.0 Å². The first kappa shape index (κ1) is 19.5. The number of ether oxygens (including phenoxy) is 1. The first-order chi connectivity index (χ1) is 11.8. The molecule has 1 aliphatic heterocycles. The topological polar surface area (TPSA) is 102 Å². The molecule has 0 saturated carbocycles. The molecule has 0 spiro atoms. The smallest absolute Gasteiger partial charge is 0.255 e. The Labute approximate surface area is 149 Å². The molecule has 0 aromatic heterocycles. The van der Waals surface area contributed by atoms with E-state index in [-0.39, 0.29) is 33.6 Å². The number of anilines is 1. The number of carbonyl (C=O) groups is 1. The lowest BCUT2D eigenvalue weighted by Gasteiger charge is -2.23. The van der Waals surface area contributed by atoms with Crippen LogP contribution in [0.5, 0.6) is 5.75 Å².